The predicted molar refractivity (Wildman–Crippen MR) is 69.2 cm³/mol. The van der Waals surface area contributed by atoms with E-state index in [2.05, 4.69) is 13.8 Å². The molecule has 3 heteroatoms. The van der Waals surface area contributed by atoms with E-state index in [1.807, 2.05) is 19.1 Å². The highest BCUT2D eigenvalue weighted by atomic mass is 32.2. The molecule has 0 saturated carbocycles. The second-order valence-corrected chi connectivity index (χ2v) is 5.36. The molecule has 0 aromatic heterocycles. The van der Waals surface area contributed by atoms with Crippen molar-refractivity contribution in [1.82, 2.24) is 0 Å². The van der Waals surface area contributed by atoms with E-state index in [4.69, 9.17) is 5.73 Å². The molecule has 90 valence electrons. The minimum absolute atomic E-state index is 0.108. The largest absolute Gasteiger partial charge is 0.324 e. The van der Waals surface area contributed by atoms with Crippen molar-refractivity contribution in [1.29, 1.82) is 0 Å². The van der Waals surface area contributed by atoms with Gasteiger partial charge in [0.05, 0.1) is 0 Å². The lowest BCUT2D eigenvalue weighted by Gasteiger charge is -2.10. The molecule has 1 unspecified atom stereocenters. The fourth-order valence-electron chi connectivity index (χ4n) is 1.27. The van der Waals surface area contributed by atoms with Crippen LogP contribution >= 0.6 is 11.8 Å². The van der Waals surface area contributed by atoms with Crippen LogP contribution in [-0.2, 0) is 0 Å². The number of hydrogen-bond donors (Lipinski definition) is 1. The van der Waals surface area contributed by atoms with Gasteiger partial charge in [-0.2, -0.15) is 0 Å². The third-order valence-corrected chi connectivity index (χ3v) is 4.08. The summed E-state index contributed by atoms with van der Waals surface area (Å²) in [4.78, 5) is 0.727. The van der Waals surface area contributed by atoms with Crippen LogP contribution in [0.3, 0.4) is 0 Å². The summed E-state index contributed by atoms with van der Waals surface area (Å²) in [6.45, 7) is 6.20. The van der Waals surface area contributed by atoms with Gasteiger partial charge < -0.3 is 5.73 Å². The Kier molecular flexibility index (Phi) is 5.29. The van der Waals surface area contributed by atoms with Gasteiger partial charge in [-0.05, 0) is 30.5 Å². The Morgan fingerprint density at radius 3 is 2.56 bits per heavy atom. The number of benzene rings is 1. The van der Waals surface area contributed by atoms with Crippen molar-refractivity contribution >= 4 is 11.8 Å². The van der Waals surface area contributed by atoms with Gasteiger partial charge in [-0.25, -0.2) is 4.39 Å². The summed E-state index contributed by atoms with van der Waals surface area (Å²) in [6, 6.07) is 5.18. The fourth-order valence-corrected chi connectivity index (χ4v) is 2.33. The van der Waals surface area contributed by atoms with Crippen molar-refractivity contribution < 1.29 is 4.39 Å². The zero-order chi connectivity index (χ0) is 12.1. The monoisotopic (exact) mass is 241 g/mol. The number of hydrogen-bond acceptors (Lipinski definition) is 2. The molecule has 1 nitrogen and oxygen atoms in total. The highest BCUT2D eigenvalue weighted by Gasteiger charge is 2.08. The average Bonchev–Trinajstić information content (AvgIpc) is 2.26. The number of halogens is 1. The van der Waals surface area contributed by atoms with Crippen LogP contribution in [0.15, 0.2) is 23.1 Å². The molecule has 0 spiro atoms. The smallest absolute Gasteiger partial charge is 0.137 e. The summed E-state index contributed by atoms with van der Waals surface area (Å²) >= 11 is 1.58. The van der Waals surface area contributed by atoms with Crippen LogP contribution in [0.4, 0.5) is 4.39 Å². The van der Waals surface area contributed by atoms with E-state index in [0.29, 0.717) is 5.92 Å². The van der Waals surface area contributed by atoms with E-state index < -0.39 is 0 Å². The Hall–Kier alpha value is -0.540. The lowest BCUT2D eigenvalue weighted by molar-refractivity contribution is 0.594. The zero-order valence-electron chi connectivity index (χ0n) is 10.2. The fraction of sp³-hybridized carbons (Fsp3) is 0.538. The molecule has 1 aromatic rings. The lowest BCUT2D eigenvalue weighted by atomic mass is 10.1. The third kappa shape index (κ3) is 3.80. The first-order valence-electron chi connectivity index (χ1n) is 5.72. The van der Waals surface area contributed by atoms with Crippen LogP contribution in [-0.4, -0.2) is 5.75 Å². The van der Waals surface area contributed by atoms with E-state index in [1.165, 1.54) is 0 Å². The Balaban J connectivity index is 2.68. The van der Waals surface area contributed by atoms with E-state index in [0.717, 1.165) is 22.6 Å². The number of rotatable bonds is 5. The molecule has 0 fully saturated rings. The van der Waals surface area contributed by atoms with Crippen LogP contribution in [0, 0.1) is 11.7 Å². The van der Waals surface area contributed by atoms with Crippen molar-refractivity contribution in [3.05, 3.63) is 29.6 Å². The topological polar surface area (TPSA) is 26.0 Å². The zero-order valence-corrected chi connectivity index (χ0v) is 11.0. The second-order valence-electron chi connectivity index (χ2n) is 4.30. The van der Waals surface area contributed by atoms with Crippen LogP contribution in [0.2, 0.25) is 0 Å². The van der Waals surface area contributed by atoms with Crippen molar-refractivity contribution in [2.75, 3.05) is 5.75 Å². The van der Waals surface area contributed by atoms with E-state index >= 15 is 0 Å². The van der Waals surface area contributed by atoms with E-state index in [-0.39, 0.29) is 11.9 Å². The summed E-state index contributed by atoms with van der Waals surface area (Å²) in [6.07, 6.45) is 1.13. The molecule has 0 saturated heterocycles. The van der Waals surface area contributed by atoms with Crippen molar-refractivity contribution in [3.63, 3.8) is 0 Å². The van der Waals surface area contributed by atoms with Gasteiger partial charge in [0.25, 0.3) is 0 Å². The van der Waals surface area contributed by atoms with E-state index in [9.17, 15) is 4.39 Å². The molecule has 16 heavy (non-hydrogen) atoms. The molecular formula is C13H20FNS. The molecule has 2 N–H and O–H groups in total. The van der Waals surface area contributed by atoms with Gasteiger partial charge in [0, 0.05) is 16.7 Å². The van der Waals surface area contributed by atoms with E-state index in [1.54, 1.807) is 17.8 Å². The van der Waals surface area contributed by atoms with Crippen molar-refractivity contribution in [3.8, 4) is 0 Å². The minimum atomic E-state index is -0.150. The number of thioether (sulfide) groups is 1. The van der Waals surface area contributed by atoms with Crippen molar-refractivity contribution in [2.24, 2.45) is 11.7 Å². The van der Waals surface area contributed by atoms with Gasteiger partial charge in [0.2, 0.25) is 0 Å². The molecule has 1 aromatic carbocycles. The first kappa shape index (κ1) is 13.5. The molecule has 0 radical (unpaired) electrons. The molecule has 0 aliphatic carbocycles. The summed E-state index contributed by atoms with van der Waals surface area (Å²) in [7, 11) is 0. The van der Waals surface area contributed by atoms with Gasteiger partial charge in [-0.15, -0.1) is 11.8 Å². The highest BCUT2D eigenvalue weighted by Crippen LogP contribution is 2.26. The SMILES string of the molecule is CCC(C)CSc1ccc([C@H](C)N)cc1F. The maximum Gasteiger partial charge on any atom is 0.137 e. The van der Waals surface area contributed by atoms with Gasteiger partial charge in [0.15, 0.2) is 0 Å². The second kappa shape index (κ2) is 6.26. The quantitative estimate of drug-likeness (QED) is 0.789. The standard InChI is InChI=1S/C13H20FNS/c1-4-9(2)8-16-13-6-5-11(10(3)15)7-12(13)14/h5-7,9-10H,4,8,15H2,1-3H3/t9?,10-/m0/s1. The molecular weight excluding hydrogens is 221 g/mol. The Labute approximate surface area is 102 Å². The maximum absolute atomic E-state index is 13.7. The van der Waals surface area contributed by atoms with Gasteiger partial charge in [-0.3, -0.25) is 0 Å². The molecule has 0 aliphatic rings. The molecule has 0 bridgehead atoms. The van der Waals surface area contributed by atoms with Gasteiger partial charge in [-0.1, -0.05) is 26.3 Å². The van der Waals surface area contributed by atoms with Gasteiger partial charge >= 0.3 is 0 Å². The summed E-state index contributed by atoms with van der Waals surface area (Å²) in [5, 5.41) is 0. The molecule has 0 aliphatic heterocycles. The third-order valence-electron chi connectivity index (χ3n) is 2.70. The van der Waals surface area contributed by atoms with Crippen LogP contribution in [0.5, 0.6) is 0 Å². The summed E-state index contributed by atoms with van der Waals surface area (Å²) < 4.78 is 13.7. The molecule has 0 amide bonds. The molecule has 0 heterocycles. The minimum Gasteiger partial charge on any atom is -0.324 e. The summed E-state index contributed by atoms with van der Waals surface area (Å²) in [5.41, 5.74) is 6.56. The predicted octanol–water partition coefficient (Wildman–Crippen LogP) is 3.98. The highest BCUT2D eigenvalue weighted by molar-refractivity contribution is 7.99. The normalized spacial score (nSPS) is 14.8. The first-order valence-corrected chi connectivity index (χ1v) is 6.71. The van der Waals surface area contributed by atoms with Crippen LogP contribution in [0.1, 0.15) is 38.8 Å². The van der Waals surface area contributed by atoms with Crippen LogP contribution < -0.4 is 5.73 Å². The first-order chi connectivity index (χ1) is 7.54. The average molecular weight is 241 g/mol. The maximum atomic E-state index is 13.7. The Morgan fingerprint density at radius 2 is 2.06 bits per heavy atom. The molecule has 1 rings (SSSR count). The lowest BCUT2D eigenvalue weighted by Crippen LogP contribution is -2.05. The van der Waals surface area contributed by atoms with Gasteiger partial charge in [0.1, 0.15) is 5.82 Å². The summed E-state index contributed by atoms with van der Waals surface area (Å²) in [5.74, 6) is 1.44. The van der Waals surface area contributed by atoms with Crippen molar-refractivity contribution in [2.45, 2.75) is 38.1 Å². The molecule has 2 atom stereocenters. The number of nitrogens with two attached hydrogens (primary N) is 1. The Morgan fingerprint density at radius 1 is 1.38 bits per heavy atom. The van der Waals surface area contributed by atoms with Crippen LogP contribution in [0.25, 0.3) is 0 Å². The Bertz CT molecular complexity index is 339.